The van der Waals surface area contributed by atoms with Gasteiger partial charge in [0.2, 0.25) is 0 Å². The molecule has 0 saturated heterocycles. The molecule has 2 aromatic rings. The monoisotopic (exact) mass is 269 g/mol. The highest BCUT2D eigenvalue weighted by molar-refractivity contribution is 5.69. The molecular formula is C17H19NO2. The molecule has 0 saturated carbocycles. The van der Waals surface area contributed by atoms with Crippen LogP contribution in [0.4, 0.5) is 0 Å². The third-order valence-electron chi connectivity index (χ3n) is 3.37. The Morgan fingerprint density at radius 1 is 1.05 bits per heavy atom. The Hall–Kier alpha value is -2.13. The molecule has 0 bridgehead atoms. The number of aliphatic carboxylic acids is 1. The quantitative estimate of drug-likeness (QED) is 0.876. The summed E-state index contributed by atoms with van der Waals surface area (Å²) in [5, 5.41) is 9.00. The van der Waals surface area contributed by atoms with Crippen LogP contribution in [0.5, 0.6) is 0 Å². The van der Waals surface area contributed by atoms with Crippen molar-refractivity contribution >= 4 is 5.97 Å². The van der Waals surface area contributed by atoms with E-state index >= 15 is 0 Å². The van der Waals surface area contributed by atoms with E-state index in [-0.39, 0.29) is 12.6 Å². The summed E-state index contributed by atoms with van der Waals surface area (Å²) in [5.41, 5.74) is 2.35. The Bertz CT molecular complexity index is 539. The van der Waals surface area contributed by atoms with Crippen molar-refractivity contribution in [2.24, 2.45) is 0 Å². The minimum absolute atomic E-state index is 0.0341. The van der Waals surface area contributed by atoms with Crippen LogP contribution in [0.15, 0.2) is 60.7 Å². The first-order valence-electron chi connectivity index (χ1n) is 6.67. The molecule has 1 atom stereocenters. The molecule has 20 heavy (non-hydrogen) atoms. The van der Waals surface area contributed by atoms with Crippen molar-refractivity contribution < 1.29 is 9.90 Å². The maximum absolute atomic E-state index is 11.0. The second-order valence-electron chi connectivity index (χ2n) is 4.93. The van der Waals surface area contributed by atoms with Crippen LogP contribution in [-0.4, -0.2) is 29.6 Å². The maximum Gasteiger partial charge on any atom is 0.317 e. The number of hydrogen-bond acceptors (Lipinski definition) is 2. The van der Waals surface area contributed by atoms with Gasteiger partial charge in [0.25, 0.3) is 0 Å². The first-order chi connectivity index (χ1) is 9.66. The number of carboxylic acid groups (broad SMARTS) is 1. The molecule has 3 heteroatoms. The van der Waals surface area contributed by atoms with Gasteiger partial charge in [-0.2, -0.15) is 0 Å². The topological polar surface area (TPSA) is 40.5 Å². The largest absolute Gasteiger partial charge is 0.480 e. The Kier molecular flexibility index (Phi) is 4.91. The van der Waals surface area contributed by atoms with E-state index in [0.29, 0.717) is 0 Å². The van der Waals surface area contributed by atoms with Gasteiger partial charge in [0, 0.05) is 6.04 Å². The highest BCUT2D eigenvalue weighted by Crippen LogP contribution is 2.23. The van der Waals surface area contributed by atoms with Crippen molar-refractivity contribution in [3.63, 3.8) is 0 Å². The summed E-state index contributed by atoms with van der Waals surface area (Å²) in [6.45, 7) is 0.0341. The van der Waals surface area contributed by atoms with Crippen molar-refractivity contribution in [3.8, 4) is 0 Å². The lowest BCUT2D eigenvalue weighted by atomic mass is 9.98. The molecule has 0 heterocycles. The van der Waals surface area contributed by atoms with E-state index in [4.69, 9.17) is 5.11 Å². The zero-order valence-corrected chi connectivity index (χ0v) is 11.6. The lowest BCUT2D eigenvalue weighted by molar-refractivity contribution is -0.138. The van der Waals surface area contributed by atoms with Gasteiger partial charge in [-0.3, -0.25) is 9.69 Å². The van der Waals surface area contributed by atoms with Crippen LogP contribution in [0.25, 0.3) is 0 Å². The fourth-order valence-corrected chi connectivity index (χ4v) is 2.36. The molecule has 3 nitrogen and oxygen atoms in total. The van der Waals surface area contributed by atoms with Crippen molar-refractivity contribution in [2.45, 2.75) is 12.5 Å². The molecular weight excluding hydrogens is 250 g/mol. The maximum atomic E-state index is 11.0. The van der Waals surface area contributed by atoms with E-state index in [2.05, 4.69) is 12.1 Å². The molecule has 2 aromatic carbocycles. The Balaban J connectivity index is 2.22. The number of carbonyl (C=O) groups is 1. The normalized spacial score (nSPS) is 12.3. The second kappa shape index (κ2) is 6.87. The highest BCUT2D eigenvalue weighted by Gasteiger charge is 2.19. The molecule has 1 N–H and O–H groups in total. The fraction of sp³-hybridized carbons (Fsp3) is 0.235. The average molecular weight is 269 g/mol. The minimum Gasteiger partial charge on any atom is -0.480 e. The van der Waals surface area contributed by atoms with Crippen LogP contribution in [-0.2, 0) is 11.2 Å². The number of likely N-dealkylation sites (N-methyl/N-ethyl adjacent to an activating group) is 1. The van der Waals surface area contributed by atoms with Crippen LogP contribution in [0.3, 0.4) is 0 Å². The first kappa shape index (κ1) is 14.3. The predicted octanol–water partition coefficient (Wildman–Crippen LogP) is 2.99. The van der Waals surface area contributed by atoms with Crippen LogP contribution >= 0.6 is 0 Å². The van der Waals surface area contributed by atoms with Crippen LogP contribution in [0.2, 0.25) is 0 Å². The Labute approximate surface area is 119 Å². The summed E-state index contributed by atoms with van der Waals surface area (Å²) in [6.07, 6.45) is 0.800. The lowest BCUT2D eigenvalue weighted by Crippen LogP contribution is -2.31. The molecule has 0 fully saturated rings. The van der Waals surface area contributed by atoms with E-state index in [1.807, 2.05) is 60.5 Å². The Morgan fingerprint density at radius 3 is 2.15 bits per heavy atom. The molecule has 0 aromatic heterocycles. The first-order valence-corrected chi connectivity index (χ1v) is 6.67. The number of rotatable bonds is 6. The van der Waals surface area contributed by atoms with Gasteiger partial charge >= 0.3 is 5.97 Å². The highest BCUT2D eigenvalue weighted by atomic mass is 16.4. The van der Waals surface area contributed by atoms with Gasteiger partial charge in [0.1, 0.15) is 0 Å². The van der Waals surface area contributed by atoms with E-state index in [1.54, 1.807) is 0 Å². The van der Waals surface area contributed by atoms with Gasteiger partial charge in [-0.15, -0.1) is 0 Å². The summed E-state index contributed by atoms with van der Waals surface area (Å²) in [7, 11) is 1.86. The van der Waals surface area contributed by atoms with Gasteiger partial charge in [0.05, 0.1) is 6.54 Å². The van der Waals surface area contributed by atoms with Crippen molar-refractivity contribution in [3.05, 3.63) is 71.8 Å². The predicted molar refractivity (Wildman–Crippen MR) is 79.6 cm³/mol. The van der Waals surface area contributed by atoms with Crippen LogP contribution in [0, 0.1) is 0 Å². The van der Waals surface area contributed by atoms with E-state index in [1.165, 1.54) is 5.56 Å². The van der Waals surface area contributed by atoms with E-state index < -0.39 is 5.97 Å². The summed E-state index contributed by atoms with van der Waals surface area (Å²) in [5.74, 6) is -0.804. The minimum atomic E-state index is -0.804. The standard InChI is InChI=1S/C17H19NO2/c1-18(13-17(19)20)16(15-10-6-3-7-11-15)12-14-8-4-2-5-9-14/h2-11,16H,12-13H2,1H3,(H,19,20). The fourth-order valence-electron chi connectivity index (χ4n) is 2.36. The van der Waals surface area contributed by atoms with Crippen LogP contribution in [0.1, 0.15) is 17.2 Å². The van der Waals surface area contributed by atoms with E-state index in [0.717, 1.165) is 12.0 Å². The number of carboxylic acids is 1. The summed E-state index contributed by atoms with van der Waals surface area (Å²) in [6, 6.07) is 20.3. The third-order valence-corrected chi connectivity index (χ3v) is 3.37. The average Bonchev–Trinajstić information content (AvgIpc) is 2.46. The number of nitrogens with zero attached hydrogens (tertiary/aromatic N) is 1. The Morgan fingerprint density at radius 2 is 1.60 bits per heavy atom. The summed E-state index contributed by atoms with van der Waals surface area (Å²) in [4.78, 5) is 12.8. The summed E-state index contributed by atoms with van der Waals surface area (Å²) < 4.78 is 0. The molecule has 0 radical (unpaired) electrons. The molecule has 104 valence electrons. The van der Waals surface area contributed by atoms with Crippen molar-refractivity contribution in [1.82, 2.24) is 4.90 Å². The van der Waals surface area contributed by atoms with E-state index in [9.17, 15) is 4.79 Å². The smallest absolute Gasteiger partial charge is 0.317 e. The van der Waals surface area contributed by atoms with Gasteiger partial charge in [-0.25, -0.2) is 0 Å². The van der Waals surface area contributed by atoms with Crippen molar-refractivity contribution in [2.75, 3.05) is 13.6 Å². The van der Waals surface area contributed by atoms with Gasteiger partial charge < -0.3 is 5.11 Å². The molecule has 1 unspecified atom stereocenters. The molecule has 0 spiro atoms. The zero-order chi connectivity index (χ0) is 14.4. The molecule has 0 amide bonds. The second-order valence-corrected chi connectivity index (χ2v) is 4.93. The molecule has 0 aliphatic carbocycles. The SMILES string of the molecule is CN(CC(=O)O)C(Cc1ccccc1)c1ccccc1. The number of hydrogen-bond donors (Lipinski definition) is 1. The molecule has 2 rings (SSSR count). The molecule has 0 aliphatic heterocycles. The summed E-state index contributed by atoms with van der Waals surface area (Å²) >= 11 is 0. The lowest BCUT2D eigenvalue weighted by Gasteiger charge is -2.27. The zero-order valence-electron chi connectivity index (χ0n) is 11.6. The van der Waals surface area contributed by atoms with Crippen LogP contribution < -0.4 is 0 Å². The van der Waals surface area contributed by atoms with Crippen molar-refractivity contribution in [1.29, 1.82) is 0 Å². The van der Waals surface area contributed by atoms with Gasteiger partial charge in [-0.1, -0.05) is 60.7 Å². The van der Waals surface area contributed by atoms with Gasteiger partial charge in [-0.05, 0) is 24.6 Å². The third kappa shape index (κ3) is 3.93. The van der Waals surface area contributed by atoms with Gasteiger partial charge in [0.15, 0.2) is 0 Å². The molecule has 0 aliphatic rings. The number of benzene rings is 2.